The van der Waals surface area contributed by atoms with E-state index in [0.717, 1.165) is 24.0 Å². The molecule has 4 bridgehead atoms. The Morgan fingerprint density at radius 2 is 1.59 bits per heavy atom. The van der Waals surface area contributed by atoms with Crippen molar-refractivity contribution in [3.05, 3.63) is 29.8 Å². The normalized spacial score (nSPS) is 35.4. The minimum Gasteiger partial charge on any atom is -0.427 e. The molecule has 3 heteroatoms. The van der Waals surface area contributed by atoms with Crippen molar-refractivity contribution in [3.8, 4) is 5.75 Å². The van der Waals surface area contributed by atoms with Gasteiger partial charge in [0.15, 0.2) is 0 Å². The van der Waals surface area contributed by atoms with Gasteiger partial charge in [0.1, 0.15) is 12.0 Å². The van der Waals surface area contributed by atoms with Crippen LogP contribution in [0.3, 0.4) is 0 Å². The number of ether oxygens (including phenoxy) is 1. The standard InChI is InChI=1S/C19H22O3/c20-12-13-1-3-17(4-2-13)22-18(21)11-19-8-14-5-15(9-19)7-16(6-14)10-19/h1-4,12,14-16H,5-11H2. The second-order valence-electron chi connectivity index (χ2n) is 7.76. The molecule has 0 amide bonds. The molecule has 0 aromatic heterocycles. The molecule has 0 unspecified atom stereocenters. The maximum Gasteiger partial charge on any atom is 0.311 e. The summed E-state index contributed by atoms with van der Waals surface area (Å²) in [6, 6.07) is 6.75. The molecule has 0 saturated heterocycles. The topological polar surface area (TPSA) is 43.4 Å². The summed E-state index contributed by atoms with van der Waals surface area (Å²) in [5.74, 6) is 2.99. The van der Waals surface area contributed by atoms with Crippen molar-refractivity contribution in [2.45, 2.75) is 44.9 Å². The first kappa shape index (κ1) is 14.0. The zero-order chi connectivity index (χ0) is 15.2. The lowest BCUT2D eigenvalue weighted by Gasteiger charge is -2.56. The largest absolute Gasteiger partial charge is 0.427 e. The zero-order valence-electron chi connectivity index (χ0n) is 12.8. The Morgan fingerprint density at radius 3 is 2.09 bits per heavy atom. The van der Waals surface area contributed by atoms with E-state index in [9.17, 15) is 9.59 Å². The summed E-state index contributed by atoms with van der Waals surface area (Å²) in [7, 11) is 0. The van der Waals surface area contributed by atoms with Crippen LogP contribution in [0.1, 0.15) is 55.3 Å². The Labute approximate surface area is 131 Å². The third-order valence-electron chi connectivity index (χ3n) is 5.93. The highest BCUT2D eigenvalue weighted by atomic mass is 16.5. The summed E-state index contributed by atoms with van der Waals surface area (Å²) < 4.78 is 5.50. The smallest absolute Gasteiger partial charge is 0.311 e. The predicted octanol–water partition coefficient (Wildman–Crippen LogP) is 4.01. The molecule has 1 aromatic carbocycles. The highest BCUT2D eigenvalue weighted by Crippen LogP contribution is 2.61. The minimum absolute atomic E-state index is 0.110. The number of hydrogen-bond acceptors (Lipinski definition) is 3. The molecular formula is C19H22O3. The zero-order valence-corrected chi connectivity index (χ0v) is 12.8. The van der Waals surface area contributed by atoms with Gasteiger partial charge in [0, 0.05) is 5.56 Å². The first-order valence-corrected chi connectivity index (χ1v) is 8.40. The fourth-order valence-corrected chi connectivity index (χ4v) is 5.59. The molecule has 4 fully saturated rings. The first-order chi connectivity index (χ1) is 10.6. The second-order valence-corrected chi connectivity index (χ2v) is 7.76. The Hall–Kier alpha value is -1.64. The lowest BCUT2D eigenvalue weighted by atomic mass is 9.49. The quantitative estimate of drug-likeness (QED) is 0.479. The van der Waals surface area contributed by atoms with Gasteiger partial charge in [-0.2, -0.15) is 0 Å². The summed E-state index contributed by atoms with van der Waals surface area (Å²) >= 11 is 0. The average Bonchev–Trinajstić information content (AvgIpc) is 2.45. The molecule has 1 aromatic rings. The van der Waals surface area contributed by atoms with Gasteiger partial charge in [-0.05, 0) is 86.0 Å². The average molecular weight is 298 g/mol. The number of esters is 1. The van der Waals surface area contributed by atoms with Crippen molar-refractivity contribution in [1.82, 2.24) is 0 Å². The van der Waals surface area contributed by atoms with Crippen molar-refractivity contribution >= 4 is 12.3 Å². The maximum atomic E-state index is 12.4. The Kier molecular flexibility index (Phi) is 3.32. The van der Waals surface area contributed by atoms with E-state index in [2.05, 4.69) is 0 Å². The number of carbonyl (C=O) groups excluding carboxylic acids is 2. The van der Waals surface area contributed by atoms with Crippen molar-refractivity contribution in [3.63, 3.8) is 0 Å². The van der Waals surface area contributed by atoms with Crippen LogP contribution in [0.25, 0.3) is 0 Å². The van der Waals surface area contributed by atoms with Crippen LogP contribution >= 0.6 is 0 Å². The number of rotatable bonds is 4. The molecule has 0 radical (unpaired) electrons. The molecule has 0 atom stereocenters. The van der Waals surface area contributed by atoms with Crippen LogP contribution in [-0.2, 0) is 4.79 Å². The fraction of sp³-hybridized carbons (Fsp3) is 0.579. The van der Waals surface area contributed by atoms with Gasteiger partial charge in [-0.25, -0.2) is 0 Å². The van der Waals surface area contributed by atoms with Crippen molar-refractivity contribution in [2.75, 3.05) is 0 Å². The van der Waals surface area contributed by atoms with E-state index in [1.165, 1.54) is 38.5 Å². The van der Waals surface area contributed by atoms with Gasteiger partial charge in [-0.15, -0.1) is 0 Å². The summed E-state index contributed by atoms with van der Waals surface area (Å²) in [6.07, 6.45) is 9.19. The Balaban J connectivity index is 1.42. The van der Waals surface area contributed by atoms with Crippen LogP contribution < -0.4 is 4.74 Å². The lowest BCUT2D eigenvalue weighted by Crippen LogP contribution is -2.47. The summed E-state index contributed by atoms with van der Waals surface area (Å²) in [4.78, 5) is 23.0. The molecule has 4 saturated carbocycles. The fourth-order valence-electron chi connectivity index (χ4n) is 5.59. The van der Waals surface area contributed by atoms with Gasteiger partial charge in [0.25, 0.3) is 0 Å². The van der Waals surface area contributed by atoms with Crippen LogP contribution in [0.15, 0.2) is 24.3 Å². The molecular weight excluding hydrogens is 276 g/mol. The summed E-state index contributed by atoms with van der Waals surface area (Å²) in [6.45, 7) is 0. The molecule has 0 N–H and O–H groups in total. The third kappa shape index (κ3) is 2.57. The lowest BCUT2D eigenvalue weighted by molar-refractivity contribution is -0.142. The molecule has 0 heterocycles. The van der Waals surface area contributed by atoms with Crippen LogP contribution in [0.2, 0.25) is 0 Å². The van der Waals surface area contributed by atoms with Gasteiger partial charge < -0.3 is 4.74 Å². The predicted molar refractivity (Wildman–Crippen MR) is 82.7 cm³/mol. The van der Waals surface area contributed by atoms with E-state index in [4.69, 9.17) is 4.74 Å². The molecule has 0 aliphatic heterocycles. The van der Waals surface area contributed by atoms with E-state index in [-0.39, 0.29) is 11.4 Å². The summed E-state index contributed by atoms with van der Waals surface area (Å²) in [5, 5.41) is 0. The Morgan fingerprint density at radius 1 is 1.05 bits per heavy atom. The van der Waals surface area contributed by atoms with E-state index in [1.807, 2.05) is 0 Å². The molecule has 22 heavy (non-hydrogen) atoms. The van der Waals surface area contributed by atoms with Gasteiger partial charge in [0.2, 0.25) is 0 Å². The van der Waals surface area contributed by atoms with Crippen molar-refractivity contribution in [2.24, 2.45) is 23.2 Å². The van der Waals surface area contributed by atoms with Crippen LogP contribution in [-0.4, -0.2) is 12.3 Å². The Bertz CT molecular complexity index is 552. The highest BCUT2D eigenvalue weighted by Gasteiger charge is 2.51. The van der Waals surface area contributed by atoms with E-state index < -0.39 is 0 Å². The maximum absolute atomic E-state index is 12.4. The molecule has 3 nitrogen and oxygen atoms in total. The molecule has 0 spiro atoms. The highest BCUT2D eigenvalue weighted by molar-refractivity contribution is 5.76. The number of carbonyl (C=O) groups is 2. The number of aldehydes is 1. The van der Waals surface area contributed by atoms with Crippen molar-refractivity contribution < 1.29 is 14.3 Å². The van der Waals surface area contributed by atoms with Gasteiger partial charge in [-0.1, -0.05) is 0 Å². The molecule has 5 rings (SSSR count). The monoisotopic (exact) mass is 298 g/mol. The van der Waals surface area contributed by atoms with Crippen LogP contribution in [0, 0.1) is 23.2 Å². The van der Waals surface area contributed by atoms with Crippen molar-refractivity contribution in [1.29, 1.82) is 0 Å². The van der Waals surface area contributed by atoms with E-state index in [1.54, 1.807) is 24.3 Å². The molecule has 4 aliphatic rings. The first-order valence-electron chi connectivity index (χ1n) is 8.40. The van der Waals surface area contributed by atoms with E-state index >= 15 is 0 Å². The third-order valence-corrected chi connectivity index (χ3v) is 5.93. The van der Waals surface area contributed by atoms with Gasteiger partial charge in [-0.3, -0.25) is 9.59 Å². The number of benzene rings is 1. The molecule has 4 aliphatic carbocycles. The van der Waals surface area contributed by atoms with Crippen LogP contribution in [0.4, 0.5) is 0 Å². The number of hydrogen-bond donors (Lipinski definition) is 0. The SMILES string of the molecule is O=Cc1ccc(OC(=O)CC23CC4CC(CC(C4)C2)C3)cc1. The second kappa shape index (κ2) is 5.22. The van der Waals surface area contributed by atoms with Gasteiger partial charge >= 0.3 is 5.97 Å². The van der Waals surface area contributed by atoms with E-state index in [0.29, 0.717) is 17.7 Å². The minimum atomic E-state index is -0.110. The van der Waals surface area contributed by atoms with Gasteiger partial charge in [0.05, 0.1) is 6.42 Å². The molecule has 116 valence electrons. The van der Waals surface area contributed by atoms with Crippen LogP contribution in [0.5, 0.6) is 5.75 Å². The summed E-state index contributed by atoms with van der Waals surface area (Å²) in [5.41, 5.74) is 0.815.